The molecule has 2 heterocycles. The van der Waals surface area contributed by atoms with Crippen molar-refractivity contribution in [1.29, 1.82) is 0 Å². The second kappa shape index (κ2) is 4.88. The first-order valence-corrected chi connectivity index (χ1v) is 6.61. The fourth-order valence-corrected chi connectivity index (χ4v) is 2.82. The summed E-state index contributed by atoms with van der Waals surface area (Å²) in [4.78, 5) is 25.4. The lowest BCUT2D eigenvalue weighted by atomic mass is 9.96. The largest absolute Gasteiger partial charge is 0.369 e. The van der Waals surface area contributed by atoms with Crippen LogP contribution >= 0.6 is 0 Å². The van der Waals surface area contributed by atoms with Gasteiger partial charge >= 0.3 is 0 Å². The number of morpholine rings is 1. The maximum atomic E-state index is 12.4. The average Bonchev–Trinajstić information content (AvgIpc) is 2.26. The number of amides is 2. The van der Waals surface area contributed by atoms with Crippen LogP contribution in [0.25, 0.3) is 0 Å². The summed E-state index contributed by atoms with van der Waals surface area (Å²) >= 11 is 0. The molecule has 0 saturated carbocycles. The molecule has 2 amide bonds. The summed E-state index contributed by atoms with van der Waals surface area (Å²) < 4.78 is 5.79. The molecule has 5 nitrogen and oxygen atoms in total. The van der Waals surface area contributed by atoms with E-state index in [2.05, 4.69) is 5.32 Å². The van der Waals surface area contributed by atoms with E-state index < -0.39 is 0 Å². The van der Waals surface area contributed by atoms with E-state index in [1.807, 2.05) is 25.7 Å². The molecule has 2 aliphatic rings. The van der Waals surface area contributed by atoms with Gasteiger partial charge in [0.05, 0.1) is 17.6 Å². The average molecular weight is 254 g/mol. The molecule has 0 spiro atoms. The second-order valence-corrected chi connectivity index (χ2v) is 5.95. The first kappa shape index (κ1) is 13.3. The van der Waals surface area contributed by atoms with Crippen molar-refractivity contribution in [2.75, 3.05) is 19.6 Å². The van der Waals surface area contributed by atoms with Crippen molar-refractivity contribution < 1.29 is 14.3 Å². The SMILES string of the molecule is CC1CN(C(=O)C2CCC(=O)NC2)CC(C)(C)O1. The lowest BCUT2D eigenvalue weighted by Crippen LogP contribution is -2.56. The molecule has 0 aliphatic carbocycles. The van der Waals surface area contributed by atoms with E-state index in [9.17, 15) is 9.59 Å². The third-order valence-electron chi connectivity index (χ3n) is 3.50. The molecule has 0 radical (unpaired) electrons. The smallest absolute Gasteiger partial charge is 0.227 e. The summed E-state index contributed by atoms with van der Waals surface area (Å²) in [6.45, 7) is 7.75. The summed E-state index contributed by atoms with van der Waals surface area (Å²) in [5.74, 6) is 0.136. The van der Waals surface area contributed by atoms with Crippen LogP contribution in [-0.4, -0.2) is 48.1 Å². The topological polar surface area (TPSA) is 58.6 Å². The molecule has 0 aromatic carbocycles. The summed E-state index contributed by atoms with van der Waals surface area (Å²) in [5.41, 5.74) is -0.286. The Morgan fingerprint density at radius 2 is 2.22 bits per heavy atom. The number of hydrogen-bond donors (Lipinski definition) is 1. The zero-order valence-electron chi connectivity index (χ0n) is 11.4. The number of piperidine rings is 1. The number of nitrogens with zero attached hydrogens (tertiary/aromatic N) is 1. The van der Waals surface area contributed by atoms with Gasteiger partial charge in [-0.1, -0.05) is 0 Å². The van der Waals surface area contributed by atoms with Crippen molar-refractivity contribution in [3.63, 3.8) is 0 Å². The lowest BCUT2D eigenvalue weighted by molar-refractivity contribution is -0.162. The fourth-order valence-electron chi connectivity index (χ4n) is 2.82. The van der Waals surface area contributed by atoms with Gasteiger partial charge in [-0.2, -0.15) is 0 Å². The standard InChI is InChI=1S/C13H22N2O3/c1-9-7-15(8-13(2,3)18-9)12(17)10-4-5-11(16)14-6-10/h9-10H,4-8H2,1-3H3,(H,14,16). The monoisotopic (exact) mass is 254 g/mol. The van der Waals surface area contributed by atoms with Crippen molar-refractivity contribution in [2.24, 2.45) is 5.92 Å². The number of hydrogen-bond acceptors (Lipinski definition) is 3. The molecule has 102 valence electrons. The molecule has 0 aromatic heterocycles. The molecule has 2 unspecified atom stereocenters. The van der Waals surface area contributed by atoms with E-state index in [0.717, 1.165) is 0 Å². The van der Waals surface area contributed by atoms with Gasteiger partial charge in [0.25, 0.3) is 0 Å². The molecular formula is C13H22N2O3. The van der Waals surface area contributed by atoms with Crippen molar-refractivity contribution in [3.05, 3.63) is 0 Å². The fraction of sp³-hybridized carbons (Fsp3) is 0.846. The highest BCUT2D eigenvalue weighted by molar-refractivity contribution is 5.83. The van der Waals surface area contributed by atoms with E-state index >= 15 is 0 Å². The third-order valence-corrected chi connectivity index (χ3v) is 3.50. The van der Waals surface area contributed by atoms with Gasteiger partial charge in [0.2, 0.25) is 11.8 Å². The Balaban J connectivity index is 1.98. The number of carbonyl (C=O) groups is 2. The molecule has 18 heavy (non-hydrogen) atoms. The van der Waals surface area contributed by atoms with Crippen LogP contribution in [0.4, 0.5) is 0 Å². The highest BCUT2D eigenvalue weighted by atomic mass is 16.5. The quantitative estimate of drug-likeness (QED) is 0.743. The Morgan fingerprint density at radius 3 is 2.78 bits per heavy atom. The first-order chi connectivity index (χ1) is 8.37. The van der Waals surface area contributed by atoms with Gasteiger partial charge in [-0.25, -0.2) is 0 Å². The van der Waals surface area contributed by atoms with E-state index in [-0.39, 0.29) is 29.4 Å². The van der Waals surface area contributed by atoms with Gasteiger partial charge < -0.3 is 15.0 Å². The Kier molecular flexibility index (Phi) is 3.61. The zero-order chi connectivity index (χ0) is 13.3. The third kappa shape index (κ3) is 3.02. The summed E-state index contributed by atoms with van der Waals surface area (Å²) in [6.07, 6.45) is 1.19. The van der Waals surface area contributed by atoms with Crippen molar-refractivity contribution in [1.82, 2.24) is 10.2 Å². The van der Waals surface area contributed by atoms with Crippen molar-refractivity contribution in [3.8, 4) is 0 Å². The summed E-state index contributed by atoms with van der Waals surface area (Å²) in [7, 11) is 0. The predicted molar refractivity (Wildman–Crippen MR) is 66.9 cm³/mol. The maximum Gasteiger partial charge on any atom is 0.227 e. The normalized spacial score (nSPS) is 31.9. The van der Waals surface area contributed by atoms with Crippen LogP contribution in [0.5, 0.6) is 0 Å². The number of ether oxygens (including phenoxy) is 1. The Hall–Kier alpha value is -1.10. The first-order valence-electron chi connectivity index (χ1n) is 6.61. The van der Waals surface area contributed by atoms with Gasteiger partial charge in [-0.05, 0) is 27.2 Å². The van der Waals surface area contributed by atoms with Gasteiger partial charge in [0.1, 0.15) is 0 Å². The highest BCUT2D eigenvalue weighted by Gasteiger charge is 2.36. The van der Waals surface area contributed by atoms with Crippen LogP contribution in [0.2, 0.25) is 0 Å². The van der Waals surface area contributed by atoms with E-state index in [1.165, 1.54) is 0 Å². The van der Waals surface area contributed by atoms with Crippen LogP contribution < -0.4 is 5.32 Å². The van der Waals surface area contributed by atoms with Crippen LogP contribution in [0.3, 0.4) is 0 Å². The number of rotatable bonds is 1. The van der Waals surface area contributed by atoms with Crippen molar-refractivity contribution >= 4 is 11.8 Å². The number of nitrogens with one attached hydrogen (secondary N) is 1. The van der Waals surface area contributed by atoms with Gasteiger partial charge in [-0.15, -0.1) is 0 Å². The minimum atomic E-state index is -0.286. The van der Waals surface area contributed by atoms with Crippen molar-refractivity contribution in [2.45, 2.75) is 45.3 Å². The Labute approximate surface area is 108 Å². The molecule has 2 aliphatic heterocycles. The number of carbonyl (C=O) groups excluding carboxylic acids is 2. The molecule has 1 N–H and O–H groups in total. The maximum absolute atomic E-state index is 12.4. The minimum Gasteiger partial charge on any atom is -0.369 e. The summed E-state index contributed by atoms with van der Waals surface area (Å²) in [6, 6.07) is 0. The molecule has 2 rings (SSSR count). The van der Waals surface area contributed by atoms with Crippen LogP contribution in [0.15, 0.2) is 0 Å². The minimum absolute atomic E-state index is 0.0507. The Bertz CT molecular complexity index is 344. The molecular weight excluding hydrogens is 232 g/mol. The van der Waals surface area contributed by atoms with E-state index in [0.29, 0.717) is 32.5 Å². The molecule has 0 bridgehead atoms. The van der Waals surface area contributed by atoms with E-state index in [1.54, 1.807) is 0 Å². The summed E-state index contributed by atoms with van der Waals surface area (Å²) in [5, 5.41) is 2.77. The second-order valence-electron chi connectivity index (χ2n) is 5.95. The highest BCUT2D eigenvalue weighted by Crippen LogP contribution is 2.23. The molecule has 2 saturated heterocycles. The molecule has 2 atom stereocenters. The van der Waals surface area contributed by atoms with Gasteiger partial charge in [0, 0.05) is 26.1 Å². The van der Waals surface area contributed by atoms with E-state index in [4.69, 9.17) is 4.74 Å². The van der Waals surface area contributed by atoms with Crippen LogP contribution in [0.1, 0.15) is 33.6 Å². The van der Waals surface area contributed by atoms with Crippen LogP contribution in [0, 0.1) is 5.92 Å². The molecule has 2 fully saturated rings. The predicted octanol–water partition coefficient (Wildman–Crippen LogP) is 0.539. The molecule has 5 heteroatoms. The van der Waals surface area contributed by atoms with Crippen LogP contribution in [-0.2, 0) is 14.3 Å². The zero-order valence-corrected chi connectivity index (χ0v) is 11.4. The van der Waals surface area contributed by atoms with Gasteiger partial charge in [-0.3, -0.25) is 9.59 Å². The van der Waals surface area contributed by atoms with Gasteiger partial charge in [0.15, 0.2) is 0 Å². The Morgan fingerprint density at radius 1 is 1.50 bits per heavy atom. The molecule has 0 aromatic rings. The lowest BCUT2D eigenvalue weighted by Gasteiger charge is -2.43.